The van der Waals surface area contributed by atoms with Gasteiger partial charge in [-0.3, -0.25) is 0 Å². The molecule has 2 aromatic carbocycles. The number of ether oxygens (including phenoxy) is 2. The van der Waals surface area contributed by atoms with Crippen LogP contribution < -0.4 is 4.74 Å². The topological polar surface area (TPSA) is 18.5 Å². The van der Waals surface area contributed by atoms with Gasteiger partial charge in [-0.2, -0.15) is 13.2 Å². The molecule has 3 rings (SSSR count). The maximum Gasteiger partial charge on any atom is 0.416 e. The Morgan fingerprint density at radius 3 is 2.42 bits per heavy atom. The van der Waals surface area contributed by atoms with Crippen LogP contribution in [0.3, 0.4) is 0 Å². The number of hydrogen-bond acceptors (Lipinski definition) is 2. The molecule has 2 aromatic rings. The Labute approximate surface area is 151 Å². The first-order valence-electron chi connectivity index (χ1n) is 9.01. The van der Waals surface area contributed by atoms with Crippen LogP contribution in [0.15, 0.2) is 42.5 Å². The zero-order valence-electron chi connectivity index (χ0n) is 15.0. The molecule has 0 saturated carbocycles. The fourth-order valence-corrected chi connectivity index (χ4v) is 3.58. The second-order valence-corrected chi connectivity index (χ2v) is 6.44. The van der Waals surface area contributed by atoms with E-state index in [2.05, 4.69) is 6.92 Å². The van der Waals surface area contributed by atoms with E-state index in [4.69, 9.17) is 9.47 Å². The molecule has 0 N–H and O–H groups in total. The van der Waals surface area contributed by atoms with Gasteiger partial charge >= 0.3 is 6.18 Å². The summed E-state index contributed by atoms with van der Waals surface area (Å²) >= 11 is 0. The quantitative estimate of drug-likeness (QED) is 0.602. The summed E-state index contributed by atoms with van der Waals surface area (Å²) < 4.78 is 51.2. The molecule has 0 amide bonds. The monoisotopic (exact) mass is 364 g/mol. The number of hydrogen-bond donors (Lipinski definition) is 0. The van der Waals surface area contributed by atoms with Gasteiger partial charge in [0.05, 0.1) is 11.7 Å². The van der Waals surface area contributed by atoms with Crippen LogP contribution >= 0.6 is 0 Å². The van der Waals surface area contributed by atoms with Crippen molar-refractivity contribution in [3.05, 3.63) is 64.7 Å². The fourth-order valence-electron chi connectivity index (χ4n) is 3.58. The van der Waals surface area contributed by atoms with Crippen LogP contribution in [-0.2, 0) is 17.3 Å². The third kappa shape index (κ3) is 3.88. The van der Waals surface area contributed by atoms with E-state index >= 15 is 0 Å². The van der Waals surface area contributed by atoms with Gasteiger partial charge in [-0.1, -0.05) is 31.2 Å². The predicted molar refractivity (Wildman–Crippen MR) is 94.2 cm³/mol. The molecular formula is C21H23F3O2. The summed E-state index contributed by atoms with van der Waals surface area (Å²) in [6.45, 7) is 4.68. The third-order valence-electron chi connectivity index (χ3n) is 4.79. The minimum atomic E-state index is -4.32. The Bertz CT molecular complexity index is 738. The van der Waals surface area contributed by atoms with Crippen LogP contribution in [0, 0.1) is 0 Å². The molecule has 1 aliphatic rings. The molecule has 0 unspecified atom stereocenters. The van der Waals surface area contributed by atoms with Gasteiger partial charge in [0.25, 0.3) is 0 Å². The number of halogens is 3. The van der Waals surface area contributed by atoms with Gasteiger partial charge in [0.2, 0.25) is 0 Å². The van der Waals surface area contributed by atoms with Crippen LogP contribution in [0.25, 0.3) is 0 Å². The smallest absolute Gasteiger partial charge is 0.416 e. The number of benzene rings is 2. The molecule has 0 radical (unpaired) electrons. The summed E-state index contributed by atoms with van der Waals surface area (Å²) in [4.78, 5) is 0. The first kappa shape index (κ1) is 18.8. The lowest BCUT2D eigenvalue weighted by Crippen LogP contribution is -2.09. The summed E-state index contributed by atoms with van der Waals surface area (Å²) in [6, 6.07) is 12.0. The van der Waals surface area contributed by atoms with Crippen molar-refractivity contribution in [1.29, 1.82) is 0 Å². The Balaban J connectivity index is 1.76. The zero-order valence-corrected chi connectivity index (χ0v) is 15.0. The van der Waals surface area contributed by atoms with Crippen molar-refractivity contribution in [1.82, 2.24) is 0 Å². The fraction of sp³-hybridized carbons (Fsp3) is 0.429. The molecule has 0 spiro atoms. The average molecular weight is 364 g/mol. The summed E-state index contributed by atoms with van der Waals surface area (Å²) in [5.41, 5.74) is 1.54. The van der Waals surface area contributed by atoms with Crippen molar-refractivity contribution >= 4 is 0 Å². The Morgan fingerprint density at radius 2 is 1.81 bits per heavy atom. The van der Waals surface area contributed by atoms with Gasteiger partial charge in [-0.25, -0.2) is 0 Å². The van der Waals surface area contributed by atoms with E-state index in [1.165, 1.54) is 6.07 Å². The molecule has 140 valence electrons. The highest BCUT2D eigenvalue weighted by molar-refractivity contribution is 5.42. The molecule has 2 nitrogen and oxygen atoms in total. The first-order valence-corrected chi connectivity index (χ1v) is 9.01. The second kappa shape index (κ2) is 7.70. The molecule has 0 aromatic heterocycles. The van der Waals surface area contributed by atoms with Gasteiger partial charge in [-0.05, 0) is 61.1 Å². The maximum absolute atomic E-state index is 13.2. The average Bonchev–Trinajstić information content (AvgIpc) is 3.02. The van der Waals surface area contributed by atoms with Crippen molar-refractivity contribution < 1.29 is 22.6 Å². The summed E-state index contributed by atoms with van der Waals surface area (Å²) in [7, 11) is 0. The van der Waals surface area contributed by atoms with Gasteiger partial charge < -0.3 is 9.47 Å². The molecule has 26 heavy (non-hydrogen) atoms. The van der Waals surface area contributed by atoms with E-state index in [0.29, 0.717) is 36.3 Å². The van der Waals surface area contributed by atoms with Gasteiger partial charge in [-0.15, -0.1) is 0 Å². The van der Waals surface area contributed by atoms with Gasteiger partial charge in [0.15, 0.2) is 0 Å². The molecule has 2 atom stereocenters. The SMILES string of the molecule is CCO[C@@H](CC)c1ccc(O[C@@H]2CCc3c2cccc3C(F)(F)F)cc1. The second-order valence-electron chi connectivity index (χ2n) is 6.44. The molecule has 0 bridgehead atoms. The molecule has 0 aliphatic heterocycles. The van der Waals surface area contributed by atoms with E-state index in [0.717, 1.165) is 18.1 Å². The van der Waals surface area contributed by atoms with E-state index in [1.54, 1.807) is 6.07 Å². The molecule has 0 heterocycles. The minimum absolute atomic E-state index is 0.0515. The molecule has 0 fully saturated rings. The lowest BCUT2D eigenvalue weighted by molar-refractivity contribution is -0.138. The predicted octanol–water partition coefficient (Wildman–Crippen LogP) is 6.26. The maximum atomic E-state index is 13.2. The lowest BCUT2D eigenvalue weighted by Gasteiger charge is -2.18. The van der Waals surface area contributed by atoms with Crippen molar-refractivity contribution in [3.63, 3.8) is 0 Å². The van der Waals surface area contributed by atoms with Crippen LogP contribution in [0.2, 0.25) is 0 Å². The standard InChI is InChI=1S/C21H23F3O2/c1-3-19(25-4-2)14-8-10-15(11-9-14)26-20-13-12-16-17(20)6-5-7-18(16)21(22,23)24/h5-11,19-20H,3-4,12-13H2,1-2H3/t19-,20+/m0/s1. The molecule has 5 heteroatoms. The van der Waals surface area contributed by atoms with E-state index < -0.39 is 11.7 Å². The van der Waals surface area contributed by atoms with Crippen LogP contribution in [-0.4, -0.2) is 6.61 Å². The van der Waals surface area contributed by atoms with Crippen LogP contribution in [0.5, 0.6) is 5.75 Å². The molecule has 1 aliphatic carbocycles. The highest BCUT2D eigenvalue weighted by Crippen LogP contribution is 2.42. The number of fused-ring (bicyclic) bond motifs is 1. The summed E-state index contributed by atoms with van der Waals surface area (Å²) in [5.74, 6) is 0.662. The van der Waals surface area contributed by atoms with E-state index in [1.807, 2.05) is 31.2 Å². The highest BCUT2D eigenvalue weighted by Gasteiger charge is 2.37. The number of alkyl halides is 3. The first-order chi connectivity index (χ1) is 12.4. The summed E-state index contributed by atoms with van der Waals surface area (Å²) in [5, 5.41) is 0. The van der Waals surface area contributed by atoms with Crippen molar-refractivity contribution in [2.24, 2.45) is 0 Å². The Morgan fingerprint density at radius 1 is 1.08 bits per heavy atom. The molecular weight excluding hydrogens is 341 g/mol. The zero-order chi connectivity index (χ0) is 18.7. The van der Waals surface area contributed by atoms with Crippen molar-refractivity contribution in [3.8, 4) is 5.75 Å². The largest absolute Gasteiger partial charge is 0.486 e. The minimum Gasteiger partial charge on any atom is -0.486 e. The van der Waals surface area contributed by atoms with Crippen LogP contribution in [0.1, 0.15) is 61.2 Å². The van der Waals surface area contributed by atoms with Crippen molar-refractivity contribution in [2.45, 2.75) is 51.5 Å². The highest BCUT2D eigenvalue weighted by atomic mass is 19.4. The Hall–Kier alpha value is -2.01. The number of rotatable bonds is 6. The van der Waals surface area contributed by atoms with Crippen LogP contribution in [0.4, 0.5) is 13.2 Å². The van der Waals surface area contributed by atoms with E-state index in [-0.39, 0.29) is 12.2 Å². The third-order valence-corrected chi connectivity index (χ3v) is 4.79. The van der Waals surface area contributed by atoms with Gasteiger partial charge in [0.1, 0.15) is 11.9 Å². The normalized spacial score (nSPS) is 17.8. The van der Waals surface area contributed by atoms with Crippen molar-refractivity contribution in [2.75, 3.05) is 6.61 Å². The Kier molecular flexibility index (Phi) is 5.56. The lowest BCUT2D eigenvalue weighted by atomic mass is 10.0. The van der Waals surface area contributed by atoms with Gasteiger partial charge in [0, 0.05) is 6.61 Å². The molecule has 0 saturated heterocycles. The van der Waals surface area contributed by atoms with E-state index in [9.17, 15) is 13.2 Å². The summed E-state index contributed by atoms with van der Waals surface area (Å²) in [6.07, 6.45) is -2.79.